The van der Waals surface area contributed by atoms with Crippen LogP contribution >= 0.6 is 11.8 Å². The fourth-order valence-corrected chi connectivity index (χ4v) is 4.60. The quantitative estimate of drug-likeness (QED) is 0.675. The van der Waals surface area contributed by atoms with Crippen LogP contribution in [-0.2, 0) is 21.2 Å². The van der Waals surface area contributed by atoms with Crippen molar-refractivity contribution < 1.29 is 13.2 Å². The van der Waals surface area contributed by atoms with Gasteiger partial charge in [-0.3, -0.25) is 14.2 Å². The highest BCUT2D eigenvalue weighted by Crippen LogP contribution is 2.31. The Hall–Kier alpha value is -2.17. The number of hydrogen-bond donors (Lipinski definition) is 2. The molecule has 2 aromatic rings. The molecule has 27 heavy (non-hydrogen) atoms. The molecule has 8 nitrogen and oxygen atoms in total. The first-order chi connectivity index (χ1) is 12.7. The van der Waals surface area contributed by atoms with Crippen LogP contribution in [0.2, 0.25) is 0 Å². The molecule has 0 radical (unpaired) electrons. The predicted molar refractivity (Wildman–Crippen MR) is 102 cm³/mol. The van der Waals surface area contributed by atoms with Crippen molar-refractivity contribution in [2.75, 3.05) is 12.3 Å². The molecule has 0 fully saturated rings. The molecule has 1 aromatic heterocycles. The zero-order chi connectivity index (χ0) is 19.6. The summed E-state index contributed by atoms with van der Waals surface area (Å²) in [6.07, 6.45) is 0.780. The van der Waals surface area contributed by atoms with Gasteiger partial charge in [-0.25, -0.2) is 18.5 Å². The molecule has 1 aliphatic heterocycles. The van der Waals surface area contributed by atoms with Crippen molar-refractivity contribution >= 4 is 27.7 Å². The highest BCUT2D eigenvalue weighted by atomic mass is 32.2. The number of aryl methyl sites for hydroxylation is 1. The fourth-order valence-electron chi connectivity index (χ4n) is 2.89. The summed E-state index contributed by atoms with van der Waals surface area (Å²) in [7, 11) is -3.70. The monoisotopic (exact) mass is 408 g/mol. The number of benzene rings is 1. The molecule has 0 saturated carbocycles. The Bertz CT molecular complexity index is 1020. The van der Waals surface area contributed by atoms with Crippen molar-refractivity contribution in [2.45, 2.75) is 35.9 Å². The second kappa shape index (κ2) is 7.83. The smallest absolute Gasteiger partial charge is 0.254 e. The molecule has 10 heteroatoms. The summed E-state index contributed by atoms with van der Waals surface area (Å²) in [5.41, 5.74) is 1.44. The molecule has 0 saturated heterocycles. The van der Waals surface area contributed by atoms with Gasteiger partial charge in [-0.15, -0.1) is 0 Å². The lowest BCUT2D eigenvalue weighted by Crippen LogP contribution is -2.31. The van der Waals surface area contributed by atoms with Gasteiger partial charge in [0.25, 0.3) is 5.56 Å². The van der Waals surface area contributed by atoms with Crippen LogP contribution in [-0.4, -0.2) is 36.2 Å². The zero-order valence-corrected chi connectivity index (χ0v) is 16.3. The van der Waals surface area contributed by atoms with Gasteiger partial charge in [-0.2, -0.15) is 0 Å². The van der Waals surface area contributed by atoms with Crippen LogP contribution in [0.3, 0.4) is 0 Å². The normalized spacial score (nSPS) is 16.1. The molecule has 1 amide bonds. The molecule has 1 aliphatic rings. The van der Waals surface area contributed by atoms with E-state index in [1.165, 1.54) is 30.0 Å². The number of hydrogen-bond acceptors (Lipinski definition) is 6. The number of aromatic nitrogens is 2. The van der Waals surface area contributed by atoms with Crippen LogP contribution in [0.1, 0.15) is 23.7 Å². The van der Waals surface area contributed by atoms with E-state index in [-0.39, 0.29) is 28.8 Å². The molecule has 0 spiro atoms. The molecule has 1 atom stereocenters. The van der Waals surface area contributed by atoms with Gasteiger partial charge >= 0.3 is 0 Å². The number of nitrogens with one attached hydrogen (secondary N) is 1. The van der Waals surface area contributed by atoms with Gasteiger partial charge in [0.05, 0.1) is 10.9 Å². The standard InChI is InChI=1S/C17H20N4O4S2/c1-11-8-16(23)21-13(10-26-17(21)20-11)9-15(22)19-7-6-12-2-4-14(5-3-12)27(18,24)25/h2-5,8,13H,6-7,9-10H2,1H3,(H,19,22)(H2,18,24,25)/t13-/m0/s1. The van der Waals surface area contributed by atoms with Crippen LogP contribution < -0.4 is 16.0 Å². The summed E-state index contributed by atoms with van der Waals surface area (Å²) in [4.78, 5) is 28.8. The van der Waals surface area contributed by atoms with Gasteiger partial charge in [0, 0.05) is 30.5 Å². The minimum atomic E-state index is -3.70. The Morgan fingerprint density at radius 2 is 2.07 bits per heavy atom. The molecule has 0 aliphatic carbocycles. The second-order valence-corrected chi connectivity index (χ2v) is 8.89. The molecule has 0 unspecified atom stereocenters. The Labute approximate surface area is 161 Å². The van der Waals surface area contributed by atoms with Gasteiger partial charge in [0.15, 0.2) is 5.16 Å². The zero-order valence-electron chi connectivity index (χ0n) is 14.7. The van der Waals surface area contributed by atoms with Gasteiger partial charge in [0.1, 0.15) is 0 Å². The predicted octanol–water partition coefficient (Wildman–Crippen LogP) is 0.595. The van der Waals surface area contributed by atoms with E-state index in [4.69, 9.17) is 5.14 Å². The third-order valence-electron chi connectivity index (χ3n) is 4.23. The molecule has 1 aromatic carbocycles. The lowest BCUT2D eigenvalue weighted by atomic mass is 10.1. The Morgan fingerprint density at radius 1 is 1.37 bits per heavy atom. The number of amides is 1. The topological polar surface area (TPSA) is 124 Å². The molecule has 2 heterocycles. The third kappa shape index (κ3) is 4.76. The van der Waals surface area contributed by atoms with Crippen LogP contribution in [0.15, 0.2) is 45.2 Å². The largest absolute Gasteiger partial charge is 0.356 e. The third-order valence-corrected chi connectivity index (χ3v) is 6.25. The van der Waals surface area contributed by atoms with E-state index in [1.807, 2.05) is 0 Å². The lowest BCUT2D eigenvalue weighted by molar-refractivity contribution is -0.121. The van der Waals surface area contributed by atoms with Crippen molar-refractivity contribution in [2.24, 2.45) is 5.14 Å². The number of thioether (sulfide) groups is 1. The summed E-state index contributed by atoms with van der Waals surface area (Å²) in [6, 6.07) is 7.51. The maximum absolute atomic E-state index is 12.2. The van der Waals surface area contributed by atoms with Gasteiger partial charge in [-0.05, 0) is 31.0 Å². The van der Waals surface area contributed by atoms with Crippen molar-refractivity contribution in [3.63, 3.8) is 0 Å². The maximum Gasteiger partial charge on any atom is 0.254 e. The molecule has 144 valence electrons. The number of fused-ring (bicyclic) bond motifs is 1. The van der Waals surface area contributed by atoms with E-state index in [0.29, 0.717) is 29.6 Å². The minimum absolute atomic E-state index is 0.0574. The molecule has 0 bridgehead atoms. The van der Waals surface area contributed by atoms with Gasteiger partial charge in [0.2, 0.25) is 15.9 Å². The first-order valence-electron chi connectivity index (χ1n) is 8.35. The molecule has 3 N–H and O–H groups in total. The van der Waals surface area contributed by atoms with Crippen molar-refractivity contribution in [1.29, 1.82) is 0 Å². The van der Waals surface area contributed by atoms with Crippen LogP contribution in [0.5, 0.6) is 0 Å². The van der Waals surface area contributed by atoms with E-state index < -0.39 is 10.0 Å². The highest BCUT2D eigenvalue weighted by Gasteiger charge is 2.27. The number of rotatable bonds is 6. The highest BCUT2D eigenvalue weighted by molar-refractivity contribution is 7.99. The Balaban J connectivity index is 1.52. The van der Waals surface area contributed by atoms with Crippen LogP contribution in [0.25, 0.3) is 0 Å². The van der Waals surface area contributed by atoms with Crippen molar-refractivity contribution in [3.8, 4) is 0 Å². The molecule has 3 rings (SSSR count). The minimum Gasteiger partial charge on any atom is -0.356 e. The number of carbonyl (C=O) groups excluding carboxylic acids is 1. The number of sulfonamides is 1. The fraction of sp³-hybridized carbons (Fsp3) is 0.353. The van der Waals surface area contributed by atoms with E-state index >= 15 is 0 Å². The van der Waals surface area contributed by atoms with Crippen LogP contribution in [0, 0.1) is 6.92 Å². The number of nitrogens with zero attached hydrogens (tertiary/aromatic N) is 2. The average Bonchev–Trinajstić information content (AvgIpc) is 2.97. The van der Waals surface area contributed by atoms with Crippen molar-refractivity contribution in [3.05, 3.63) is 51.9 Å². The molecular formula is C17H20N4O4S2. The lowest BCUT2D eigenvalue weighted by Gasteiger charge is -2.13. The summed E-state index contributed by atoms with van der Waals surface area (Å²) >= 11 is 1.48. The van der Waals surface area contributed by atoms with Gasteiger partial charge < -0.3 is 5.32 Å². The van der Waals surface area contributed by atoms with E-state index in [9.17, 15) is 18.0 Å². The first kappa shape index (κ1) is 19.6. The van der Waals surface area contributed by atoms with Gasteiger partial charge in [-0.1, -0.05) is 23.9 Å². The van der Waals surface area contributed by atoms with Crippen LogP contribution in [0.4, 0.5) is 0 Å². The first-order valence-corrected chi connectivity index (χ1v) is 10.9. The van der Waals surface area contributed by atoms with E-state index in [0.717, 1.165) is 5.56 Å². The Morgan fingerprint density at radius 3 is 2.74 bits per heavy atom. The summed E-state index contributed by atoms with van der Waals surface area (Å²) in [6.45, 7) is 2.19. The second-order valence-electron chi connectivity index (χ2n) is 6.35. The summed E-state index contributed by atoms with van der Waals surface area (Å²) in [5, 5.41) is 8.56. The number of carbonyl (C=O) groups is 1. The maximum atomic E-state index is 12.2. The van der Waals surface area contributed by atoms with Crippen molar-refractivity contribution in [1.82, 2.24) is 14.9 Å². The summed E-state index contributed by atoms with van der Waals surface area (Å²) < 4.78 is 24.1. The number of primary sulfonamides is 1. The molecular weight excluding hydrogens is 388 g/mol. The summed E-state index contributed by atoms with van der Waals surface area (Å²) in [5.74, 6) is 0.510. The number of nitrogens with two attached hydrogens (primary N) is 1. The van der Waals surface area contributed by atoms with E-state index in [2.05, 4.69) is 10.3 Å². The SMILES string of the molecule is Cc1cc(=O)n2c(n1)SC[C@@H]2CC(=O)NCCc1ccc(S(N)(=O)=O)cc1. The average molecular weight is 409 g/mol. The Kier molecular flexibility index (Phi) is 5.68. The van der Waals surface area contributed by atoms with E-state index in [1.54, 1.807) is 23.6 Å².